The molecule has 0 N–H and O–H groups in total. The Balaban J connectivity index is 1.89. The van der Waals surface area contributed by atoms with Crippen LogP contribution >= 0.6 is 11.3 Å². The molecule has 28 heavy (non-hydrogen) atoms. The summed E-state index contributed by atoms with van der Waals surface area (Å²) in [4.78, 5) is 1.29. The van der Waals surface area contributed by atoms with E-state index in [1.165, 1.54) is 0 Å². The van der Waals surface area contributed by atoms with Crippen molar-refractivity contribution in [1.29, 1.82) is 0 Å². The molecule has 4 rings (SSSR count). The summed E-state index contributed by atoms with van der Waals surface area (Å²) in [6.45, 7) is 0.405. The summed E-state index contributed by atoms with van der Waals surface area (Å²) in [5, 5.41) is 1.97. The summed E-state index contributed by atoms with van der Waals surface area (Å²) in [5.74, 6) is 1.26. The van der Waals surface area contributed by atoms with E-state index < -0.39 is 16.1 Å². The first-order valence-electron chi connectivity index (χ1n) is 8.91. The minimum Gasteiger partial charge on any atom is -0.493 e. The number of rotatable bonds is 5. The van der Waals surface area contributed by atoms with E-state index >= 15 is 0 Å². The van der Waals surface area contributed by atoms with E-state index in [1.807, 2.05) is 35.7 Å². The van der Waals surface area contributed by atoms with E-state index in [0.29, 0.717) is 29.4 Å². The van der Waals surface area contributed by atoms with E-state index in [2.05, 4.69) is 0 Å². The Morgan fingerprint density at radius 1 is 1.00 bits per heavy atom. The standard InChI is InChI=1S/C21H21NO4S2/c1-25-18-13-15-10-11-22(28(23,24)16-7-4-3-5-8-16)21(20-9-6-12-27-20)17(15)14-19(18)26-2/h3-9,12-14,21H,10-11H2,1-2H3/t21-/m0/s1. The Hall–Kier alpha value is -2.35. The highest BCUT2D eigenvalue weighted by Gasteiger charge is 2.38. The third kappa shape index (κ3) is 3.19. The second-order valence-electron chi connectivity index (χ2n) is 6.50. The predicted octanol–water partition coefficient (Wildman–Crippen LogP) is 4.10. The van der Waals surface area contributed by atoms with Gasteiger partial charge in [-0.1, -0.05) is 24.3 Å². The van der Waals surface area contributed by atoms with Crippen LogP contribution in [0.2, 0.25) is 0 Å². The molecule has 0 saturated carbocycles. The Labute approximate surface area is 169 Å². The number of ether oxygens (including phenoxy) is 2. The molecule has 0 bridgehead atoms. The van der Waals surface area contributed by atoms with Crippen LogP contribution in [0.15, 0.2) is 64.9 Å². The molecular weight excluding hydrogens is 394 g/mol. The van der Waals surface area contributed by atoms with E-state index in [9.17, 15) is 8.42 Å². The zero-order valence-electron chi connectivity index (χ0n) is 15.7. The van der Waals surface area contributed by atoms with Crippen molar-refractivity contribution < 1.29 is 17.9 Å². The van der Waals surface area contributed by atoms with Gasteiger partial charge in [-0.3, -0.25) is 0 Å². The van der Waals surface area contributed by atoms with Crippen molar-refractivity contribution in [1.82, 2.24) is 4.31 Å². The average molecular weight is 416 g/mol. The van der Waals surface area contributed by atoms with Crippen LogP contribution < -0.4 is 9.47 Å². The lowest BCUT2D eigenvalue weighted by Crippen LogP contribution is -2.40. The maximum Gasteiger partial charge on any atom is 0.243 e. The van der Waals surface area contributed by atoms with Gasteiger partial charge in [0.1, 0.15) is 0 Å². The van der Waals surface area contributed by atoms with E-state index in [0.717, 1.165) is 16.0 Å². The number of nitrogens with zero attached hydrogens (tertiary/aromatic N) is 1. The molecule has 0 spiro atoms. The zero-order chi connectivity index (χ0) is 19.7. The van der Waals surface area contributed by atoms with Gasteiger partial charge in [0.15, 0.2) is 11.5 Å². The smallest absolute Gasteiger partial charge is 0.243 e. The molecule has 7 heteroatoms. The summed E-state index contributed by atoms with van der Waals surface area (Å²) >= 11 is 1.55. The van der Waals surface area contributed by atoms with Crippen molar-refractivity contribution in [2.75, 3.05) is 20.8 Å². The average Bonchev–Trinajstić information content (AvgIpc) is 3.26. The minimum atomic E-state index is -3.65. The molecule has 0 fully saturated rings. The van der Waals surface area contributed by atoms with E-state index in [1.54, 1.807) is 54.1 Å². The molecule has 1 aromatic heterocycles. The molecule has 2 heterocycles. The number of benzene rings is 2. The number of sulfonamides is 1. The van der Waals surface area contributed by atoms with Gasteiger partial charge in [0, 0.05) is 11.4 Å². The third-order valence-electron chi connectivity index (χ3n) is 4.99. The Kier molecular flexibility index (Phi) is 5.14. The minimum absolute atomic E-state index is 0.306. The SMILES string of the molecule is COc1cc2c(cc1OC)[C@@H](c1cccs1)N(S(=O)(=O)c1ccccc1)CC2. The quantitative estimate of drug-likeness (QED) is 0.630. The van der Waals surface area contributed by atoms with E-state index in [4.69, 9.17) is 9.47 Å². The maximum absolute atomic E-state index is 13.5. The van der Waals surface area contributed by atoms with Gasteiger partial charge < -0.3 is 9.47 Å². The number of hydrogen-bond acceptors (Lipinski definition) is 5. The zero-order valence-corrected chi connectivity index (χ0v) is 17.3. The lowest BCUT2D eigenvalue weighted by molar-refractivity contribution is 0.334. The summed E-state index contributed by atoms with van der Waals surface area (Å²) in [7, 11) is -0.451. The molecule has 146 valence electrons. The topological polar surface area (TPSA) is 55.8 Å². The largest absolute Gasteiger partial charge is 0.493 e. The summed E-state index contributed by atoms with van der Waals surface area (Å²) in [5.41, 5.74) is 2.02. The predicted molar refractivity (Wildman–Crippen MR) is 110 cm³/mol. The van der Waals surface area contributed by atoms with Crippen molar-refractivity contribution >= 4 is 21.4 Å². The molecular formula is C21H21NO4S2. The molecule has 0 amide bonds. The first-order valence-corrected chi connectivity index (χ1v) is 11.2. The fraction of sp³-hybridized carbons (Fsp3) is 0.238. The monoisotopic (exact) mass is 415 g/mol. The van der Waals surface area contributed by atoms with Gasteiger partial charge in [-0.05, 0) is 53.3 Å². The van der Waals surface area contributed by atoms with Crippen molar-refractivity contribution in [3.05, 3.63) is 76.0 Å². The Bertz CT molecular complexity index is 1060. The number of thiophene rings is 1. The van der Waals surface area contributed by atoms with Gasteiger partial charge in [0.25, 0.3) is 0 Å². The van der Waals surface area contributed by atoms with Crippen LogP contribution in [0.25, 0.3) is 0 Å². The van der Waals surface area contributed by atoms with Crippen molar-refractivity contribution in [3.63, 3.8) is 0 Å². The third-order valence-corrected chi connectivity index (χ3v) is 7.80. The van der Waals surface area contributed by atoms with Gasteiger partial charge >= 0.3 is 0 Å². The molecule has 5 nitrogen and oxygen atoms in total. The van der Waals surface area contributed by atoms with Crippen LogP contribution in [0.5, 0.6) is 11.5 Å². The molecule has 0 unspecified atom stereocenters. The van der Waals surface area contributed by atoms with E-state index in [-0.39, 0.29) is 0 Å². The van der Waals surface area contributed by atoms with Crippen LogP contribution in [0.1, 0.15) is 22.0 Å². The molecule has 0 saturated heterocycles. The van der Waals surface area contributed by atoms with Crippen LogP contribution in [-0.4, -0.2) is 33.5 Å². The van der Waals surface area contributed by atoms with Gasteiger partial charge in [0.05, 0.1) is 25.2 Å². The highest BCUT2D eigenvalue weighted by atomic mass is 32.2. The fourth-order valence-electron chi connectivity index (χ4n) is 3.65. The Morgan fingerprint density at radius 2 is 1.71 bits per heavy atom. The van der Waals surface area contributed by atoms with Gasteiger partial charge in [0.2, 0.25) is 10.0 Å². The molecule has 3 aromatic rings. The van der Waals surface area contributed by atoms with Crippen molar-refractivity contribution in [2.45, 2.75) is 17.4 Å². The molecule has 0 aliphatic carbocycles. The van der Waals surface area contributed by atoms with Gasteiger partial charge in [-0.2, -0.15) is 4.31 Å². The lowest BCUT2D eigenvalue weighted by Gasteiger charge is -2.36. The maximum atomic E-state index is 13.5. The van der Waals surface area contributed by atoms with Crippen LogP contribution in [0, 0.1) is 0 Å². The number of fused-ring (bicyclic) bond motifs is 1. The number of hydrogen-bond donors (Lipinski definition) is 0. The second kappa shape index (κ2) is 7.58. The van der Waals surface area contributed by atoms with Crippen molar-refractivity contribution in [2.24, 2.45) is 0 Å². The summed E-state index contributed by atoms with van der Waals surface area (Å²) in [6.07, 6.45) is 0.615. The first-order chi connectivity index (χ1) is 13.6. The molecule has 1 atom stereocenters. The van der Waals surface area contributed by atoms with Gasteiger partial charge in [-0.25, -0.2) is 8.42 Å². The second-order valence-corrected chi connectivity index (χ2v) is 9.37. The van der Waals surface area contributed by atoms with Crippen LogP contribution in [-0.2, 0) is 16.4 Å². The normalized spacial score (nSPS) is 17.1. The van der Waals surface area contributed by atoms with Crippen molar-refractivity contribution in [3.8, 4) is 11.5 Å². The first kappa shape index (κ1) is 19.0. The fourth-order valence-corrected chi connectivity index (χ4v) is 6.18. The summed E-state index contributed by atoms with van der Waals surface area (Å²) in [6, 6.07) is 16.0. The highest BCUT2D eigenvalue weighted by molar-refractivity contribution is 7.89. The summed E-state index contributed by atoms with van der Waals surface area (Å²) < 4.78 is 39.4. The van der Waals surface area contributed by atoms with Gasteiger partial charge in [-0.15, -0.1) is 11.3 Å². The van der Waals surface area contributed by atoms with Crippen LogP contribution in [0.4, 0.5) is 0 Å². The molecule has 1 aliphatic heterocycles. The Morgan fingerprint density at radius 3 is 2.36 bits per heavy atom. The highest BCUT2D eigenvalue weighted by Crippen LogP contribution is 2.44. The molecule has 2 aromatic carbocycles. The molecule has 1 aliphatic rings. The number of methoxy groups -OCH3 is 2. The molecule has 0 radical (unpaired) electrons. The van der Waals surface area contributed by atoms with Crippen LogP contribution in [0.3, 0.4) is 0 Å². The lowest BCUT2D eigenvalue weighted by atomic mass is 9.92.